The first-order valence-electron chi connectivity index (χ1n) is 9.05. The number of rotatable bonds is 7. The highest BCUT2D eigenvalue weighted by atomic mass is 16.5. The van der Waals surface area contributed by atoms with Gasteiger partial charge in [-0.25, -0.2) is 4.68 Å². The molecular formula is C17H29N5O2. The third-order valence-corrected chi connectivity index (χ3v) is 5.67. The average Bonchev–Trinajstić information content (AvgIpc) is 2.96. The lowest BCUT2D eigenvalue weighted by atomic mass is 9.67. The Hall–Kier alpha value is -1.47. The van der Waals surface area contributed by atoms with Crippen LogP contribution in [-0.4, -0.2) is 54.3 Å². The van der Waals surface area contributed by atoms with E-state index in [4.69, 9.17) is 4.74 Å². The summed E-state index contributed by atoms with van der Waals surface area (Å²) >= 11 is 0. The molecule has 24 heavy (non-hydrogen) atoms. The van der Waals surface area contributed by atoms with Crippen molar-refractivity contribution in [2.75, 3.05) is 33.4 Å². The number of carbonyl (C=O) groups excluding carboxylic acids is 1. The number of piperidine rings is 1. The van der Waals surface area contributed by atoms with Crippen molar-refractivity contribution >= 4 is 5.91 Å². The highest BCUT2D eigenvalue weighted by molar-refractivity contribution is 5.93. The van der Waals surface area contributed by atoms with Crippen LogP contribution < -0.4 is 10.6 Å². The minimum Gasteiger partial charge on any atom is -0.385 e. The first-order valence-corrected chi connectivity index (χ1v) is 9.05. The van der Waals surface area contributed by atoms with Crippen LogP contribution in [0.15, 0.2) is 0 Å². The Morgan fingerprint density at radius 1 is 1.42 bits per heavy atom. The minimum atomic E-state index is -0.101. The monoisotopic (exact) mass is 335 g/mol. The quantitative estimate of drug-likeness (QED) is 0.788. The SMILES string of the molecule is COCCC1(CNC(=O)c2nnn(C3CCNCC3)c2C)CCC1. The maximum absolute atomic E-state index is 12.6. The van der Waals surface area contributed by atoms with E-state index in [0.717, 1.165) is 57.5 Å². The van der Waals surface area contributed by atoms with Gasteiger partial charge in [-0.1, -0.05) is 11.6 Å². The second-order valence-corrected chi connectivity index (χ2v) is 7.23. The number of methoxy groups -OCH3 is 1. The number of amides is 1. The average molecular weight is 335 g/mol. The van der Waals surface area contributed by atoms with Gasteiger partial charge in [-0.3, -0.25) is 4.79 Å². The molecule has 0 bridgehead atoms. The Balaban J connectivity index is 1.60. The molecule has 1 aliphatic carbocycles. The van der Waals surface area contributed by atoms with E-state index in [1.54, 1.807) is 7.11 Å². The zero-order valence-corrected chi connectivity index (χ0v) is 14.8. The first kappa shape index (κ1) is 17.4. The Morgan fingerprint density at radius 2 is 2.17 bits per heavy atom. The van der Waals surface area contributed by atoms with Crippen LogP contribution in [0.2, 0.25) is 0 Å². The van der Waals surface area contributed by atoms with E-state index < -0.39 is 0 Å². The third kappa shape index (κ3) is 3.62. The van der Waals surface area contributed by atoms with Crippen LogP contribution in [-0.2, 0) is 4.74 Å². The van der Waals surface area contributed by atoms with Crippen LogP contribution in [0.1, 0.15) is 60.7 Å². The summed E-state index contributed by atoms with van der Waals surface area (Å²) in [5.41, 5.74) is 1.55. The largest absolute Gasteiger partial charge is 0.385 e. The minimum absolute atomic E-state index is 0.101. The molecule has 0 radical (unpaired) electrons. The van der Waals surface area contributed by atoms with Gasteiger partial charge in [0.15, 0.2) is 5.69 Å². The normalized spacial score (nSPS) is 20.6. The maximum Gasteiger partial charge on any atom is 0.273 e. The summed E-state index contributed by atoms with van der Waals surface area (Å²) in [5.74, 6) is -0.101. The second kappa shape index (κ2) is 7.61. The van der Waals surface area contributed by atoms with E-state index >= 15 is 0 Å². The highest BCUT2D eigenvalue weighted by Gasteiger charge is 2.37. The van der Waals surface area contributed by atoms with Crippen molar-refractivity contribution in [1.82, 2.24) is 25.6 Å². The molecule has 1 saturated carbocycles. The summed E-state index contributed by atoms with van der Waals surface area (Å²) < 4.78 is 7.14. The molecule has 3 rings (SSSR count). The summed E-state index contributed by atoms with van der Waals surface area (Å²) in [7, 11) is 1.73. The lowest BCUT2D eigenvalue weighted by Gasteiger charge is -2.42. The van der Waals surface area contributed by atoms with Gasteiger partial charge in [0.2, 0.25) is 0 Å². The van der Waals surface area contributed by atoms with E-state index in [1.807, 2.05) is 11.6 Å². The van der Waals surface area contributed by atoms with Crippen LogP contribution in [0.5, 0.6) is 0 Å². The topological polar surface area (TPSA) is 81.1 Å². The summed E-state index contributed by atoms with van der Waals surface area (Å²) in [6.45, 7) is 5.39. The Labute approximate surface area is 143 Å². The number of ether oxygens (including phenoxy) is 1. The first-order chi connectivity index (χ1) is 11.7. The van der Waals surface area contributed by atoms with Crippen LogP contribution in [0, 0.1) is 12.3 Å². The van der Waals surface area contributed by atoms with Crippen molar-refractivity contribution in [3.63, 3.8) is 0 Å². The number of carbonyl (C=O) groups is 1. The summed E-state index contributed by atoms with van der Waals surface area (Å²) in [6.07, 6.45) is 6.64. The van der Waals surface area contributed by atoms with Crippen molar-refractivity contribution < 1.29 is 9.53 Å². The van der Waals surface area contributed by atoms with Crippen LogP contribution in [0.25, 0.3) is 0 Å². The van der Waals surface area contributed by atoms with Gasteiger partial charge in [-0.2, -0.15) is 0 Å². The summed E-state index contributed by atoms with van der Waals surface area (Å²) in [6, 6.07) is 0.347. The van der Waals surface area contributed by atoms with E-state index in [0.29, 0.717) is 18.3 Å². The fraction of sp³-hybridized carbons (Fsp3) is 0.824. The standard InChI is InChI=1S/C17H29N5O2/c1-13-15(20-21-22(13)14-4-9-18-10-5-14)16(23)19-12-17(6-3-7-17)8-11-24-2/h14,18H,3-12H2,1-2H3,(H,19,23). The summed E-state index contributed by atoms with van der Waals surface area (Å²) in [5, 5.41) is 14.8. The molecule has 0 atom stereocenters. The van der Waals surface area contributed by atoms with Crippen LogP contribution in [0.4, 0.5) is 0 Å². The molecular weight excluding hydrogens is 306 g/mol. The van der Waals surface area contributed by atoms with Gasteiger partial charge in [0, 0.05) is 20.3 Å². The smallest absolute Gasteiger partial charge is 0.273 e. The van der Waals surface area contributed by atoms with Crippen molar-refractivity contribution in [1.29, 1.82) is 0 Å². The maximum atomic E-state index is 12.6. The Bertz CT molecular complexity index is 561. The third-order valence-electron chi connectivity index (χ3n) is 5.67. The molecule has 1 aromatic heterocycles. The second-order valence-electron chi connectivity index (χ2n) is 7.23. The van der Waals surface area contributed by atoms with E-state index in [1.165, 1.54) is 6.42 Å². The number of nitrogens with one attached hydrogen (secondary N) is 2. The molecule has 7 nitrogen and oxygen atoms in total. The van der Waals surface area contributed by atoms with Gasteiger partial charge in [0.05, 0.1) is 11.7 Å². The number of hydrogen-bond acceptors (Lipinski definition) is 5. The highest BCUT2D eigenvalue weighted by Crippen LogP contribution is 2.43. The molecule has 0 aromatic carbocycles. The fourth-order valence-electron chi connectivity index (χ4n) is 3.81. The fourth-order valence-corrected chi connectivity index (χ4v) is 3.81. The molecule has 2 heterocycles. The molecule has 1 aromatic rings. The Morgan fingerprint density at radius 3 is 2.79 bits per heavy atom. The number of aromatic nitrogens is 3. The van der Waals surface area contributed by atoms with Crippen molar-refractivity contribution in [2.45, 2.75) is 51.5 Å². The van der Waals surface area contributed by atoms with E-state index in [9.17, 15) is 4.79 Å². The van der Waals surface area contributed by atoms with Crippen LogP contribution >= 0.6 is 0 Å². The van der Waals surface area contributed by atoms with E-state index in [-0.39, 0.29) is 11.3 Å². The molecule has 2 aliphatic rings. The molecule has 0 spiro atoms. The summed E-state index contributed by atoms with van der Waals surface area (Å²) in [4.78, 5) is 12.6. The van der Waals surface area contributed by atoms with Gasteiger partial charge in [0.1, 0.15) is 0 Å². The Kier molecular flexibility index (Phi) is 5.50. The predicted octanol–water partition coefficient (Wildman–Crippen LogP) is 1.45. The van der Waals surface area contributed by atoms with Gasteiger partial charge in [0.25, 0.3) is 5.91 Å². The van der Waals surface area contributed by atoms with Crippen molar-refractivity contribution in [2.24, 2.45) is 5.41 Å². The molecule has 1 saturated heterocycles. The zero-order valence-electron chi connectivity index (χ0n) is 14.8. The van der Waals surface area contributed by atoms with Crippen molar-refractivity contribution in [3.8, 4) is 0 Å². The number of nitrogens with zero attached hydrogens (tertiary/aromatic N) is 3. The van der Waals surface area contributed by atoms with Gasteiger partial charge < -0.3 is 15.4 Å². The molecule has 134 valence electrons. The van der Waals surface area contributed by atoms with Crippen LogP contribution in [0.3, 0.4) is 0 Å². The van der Waals surface area contributed by atoms with E-state index in [2.05, 4.69) is 20.9 Å². The van der Waals surface area contributed by atoms with Crippen molar-refractivity contribution in [3.05, 3.63) is 11.4 Å². The van der Waals surface area contributed by atoms with Gasteiger partial charge in [-0.05, 0) is 57.5 Å². The lowest BCUT2D eigenvalue weighted by Crippen LogP contribution is -2.43. The van der Waals surface area contributed by atoms with Gasteiger partial charge >= 0.3 is 0 Å². The molecule has 2 N–H and O–H groups in total. The lowest BCUT2D eigenvalue weighted by molar-refractivity contribution is 0.0629. The molecule has 7 heteroatoms. The zero-order chi connectivity index (χ0) is 17.0. The molecule has 2 fully saturated rings. The number of hydrogen-bond donors (Lipinski definition) is 2. The van der Waals surface area contributed by atoms with Gasteiger partial charge in [-0.15, -0.1) is 5.10 Å². The molecule has 0 unspecified atom stereocenters. The molecule has 1 aliphatic heterocycles. The predicted molar refractivity (Wildman–Crippen MR) is 91.0 cm³/mol. The molecule has 1 amide bonds.